The summed E-state index contributed by atoms with van der Waals surface area (Å²) >= 11 is 0. The molecule has 0 aliphatic heterocycles. The number of nitrogens with two attached hydrogens (primary N) is 1. The van der Waals surface area contributed by atoms with Gasteiger partial charge in [0.2, 0.25) is 0 Å². The Morgan fingerprint density at radius 1 is 1.35 bits per heavy atom. The van der Waals surface area contributed by atoms with E-state index in [9.17, 15) is 0 Å². The smallest absolute Gasteiger partial charge is 0.123 e. The van der Waals surface area contributed by atoms with Crippen LogP contribution >= 0.6 is 0 Å². The Hall–Kier alpha value is -1.06. The fraction of sp³-hybridized carbons (Fsp3) is 0.571. The molecule has 1 saturated carbocycles. The molecule has 0 bridgehead atoms. The third-order valence-corrected chi connectivity index (χ3v) is 3.57. The predicted octanol–water partition coefficient (Wildman–Crippen LogP) is 2.01. The van der Waals surface area contributed by atoms with Crippen LogP contribution in [-0.4, -0.2) is 31.1 Å². The Balaban J connectivity index is 2.05. The molecule has 0 radical (unpaired) electrons. The van der Waals surface area contributed by atoms with Gasteiger partial charge in [0.15, 0.2) is 0 Å². The van der Waals surface area contributed by atoms with Crippen LogP contribution in [0.2, 0.25) is 0 Å². The maximum atomic E-state index is 5.70. The molecule has 0 atom stereocenters. The summed E-state index contributed by atoms with van der Waals surface area (Å²) in [6.45, 7) is 2.65. The van der Waals surface area contributed by atoms with Gasteiger partial charge in [-0.1, -0.05) is 24.6 Å². The standard InChI is InChI=1S/C14H22N2O/c1-17-14-8-3-2-5-12(14)11-16(10-9-15)13-6-4-7-13/h2-3,5,8,13H,4,6-7,9-11,15H2,1H3. The average Bonchev–Trinajstić information content (AvgIpc) is 2.28. The fourth-order valence-corrected chi connectivity index (χ4v) is 2.36. The first-order valence-electron chi connectivity index (χ1n) is 6.41. The number of benzene rings is 1. The molecule has 0 saturated heterocycles. The van der Waals surface area contributed by atoms with E-state index in [-0.39, 0.29) is 0 Å². The SMILES string of the molecule is COc1ccccc1CN(CCN)C1CCC1. The minimum atomic E-state index is 0.725. The van der Waals surface area contributed by atoms with Gasteiger partial charge in [0, 0.05) is 31.2 Å². The molecule has 0 aromatic heterocycles. The second kappa shape index (κ2) is 6.03. The van der Waals surface area contributed by atoms with Crippen molar-refractivity contribution in [3.63, 3.8) is 0 Å². The summed E-state index contributed by atoms with van der Waals surface area (Å²) in [4.78, 5) is 2.49. The second-order valence-corrected chi connectivity index (χ2v) is 4.66. The lowest BCUT2D eigenvalue weighted by atomic mass is 9.91. The molecule has 3 heteroatoms. The van der Waals surface area contributed by atoms with E-state index in [1.807, 2.05) is 12.1 Å². The maximum absolute atomic E-state index is 5.70. The molecule has 2 rings (SSSR count). The summed E-state index contributed by atoms with van der Waals surface area (Å²) in [7, 11) is 1.73. The molecule has 1 fully saturated rings. The van der Waals surface area contributed by atoms with Crippen LogP contribution in [-0.2, 0) is 6.54 Å². The van der Waals surface area contributed by atoms with Gasteiger partial charge in [0.05, 0.1) is 7.11 Å². The largest absolute Gasteiger partial charge is 0.496 e. The molecule has 2 N–H and O–H groups in total. The lowest BCUT2D eigenvalue weighted by Crippen LogP contribution is -2.42. The summed E-state index contributed by atoms with van der Waals surface area (Å²) in [6.07, 6.45) is 3.99. The van der Waals surface area contributed by atoms with Crippen molar-refractivity contribution in [2.24, 2.45) is 5.73 Å². The molecule has 17 heavy (non-hydrogen) atoms. The normalized spacial score (nSPS) is 15.9. The third kappa shape index (κ3) is 2.99. The monoisotopic (exact) mass is 234 g/mol. The van der Waals surface area contributed by atoms with Gasteiger partial charge in [-0.2, -0.15) is 0 Å². The van der Waals surface area contributed by atoms with Crippen molar-refractivity contribution in [2.45, 2.75) is 31.8 Å². The van der Waals surface area contributed by atoms with Gasteiger partial charge in [0.1, 0.15) is 5.75 Å². The van der Waals surface area contributed by atoms with Crippen molar-refractivity contribution in [1.82, 2.24) is 4.90 Å². The van der Waals surface area contributed by atoms with E-state index < -0.39 is 0 Å². The predicted molar refractivity (Wildman–Crippen MR) is 70.1 cm³/mol. The lowest BCUT2D eigenvalue weighted by Gasteiger charge is -2.37. The van der Waals surface area contributed by atoms with Crippen LogP contribution in [0.1, 0.15) is 24.8 Å². The van der Waals surface area contributed by atoms with E-state index in [2.05, 4.69) is 17.0 Å². The fourth-order valence-electron chi connectivity index (χ4n) is 2.36. The van der Waals surface area contributed by atoms with Crippen LogP contribution in [0.3, 0.4) is 0 Å². The summed E-state index contributed by atoms with van der Waals surface area (Å²) in [5, 5.41) is 0. The zero-order valence-electron chi connectivity index (χ0n) is 10.6. The Bertz CT molecular complexity index is 350. The quantitative estimate of drug-likeness (QED) is 0.818. The van der Waals surface area contributed by atoms with Crippen LogP contribution in [0.5, 0.6) is 5.75 Å². The van der Waals surface area contributed by atoms with E-state index in [0.29, 0.717) is 0 Å². The molecule has 1 aromatic carbocycles. The van der Waals surface area contributed by atoms with Crippen LogP contribution in [0.15, 0.2) is 24.3 Å². The second-order valence-electron chi connectivity index (χ2n) is 4.66. The van der Waals surface area contributed by atoms with Crippen molar-refractivity contribution in [2.75, 3.05) is 20.2 Å². The minimum absolute atomic E-state index is 0.725. The van der Waals surface area contributed by atoms with Gasteiger partial charge in [-0.3, -0.25) is 4.90 Å². The molecule has 3 nitrogen and oxygen atoms in total. The number of hydrogen-bond acceptors (Lipinski definition) is 3. The average molecular weight is 234 g/mol. The van der Waals surface area contributed by atoms with Gasteiger partial charge in [-0.15, -0.1) is 0 Å². The molecule has 0 spiro atoms. The van der Waals surface area contributed by atoms with Crippen LogP contribution in [0, 0.1) is 0 Å². The molecule has 0 heterocycles. The first kappa shape index (κ1) is 12.4. The van der Waals surface area contributed by atoms with Crippen molar-refractivity contribution >= 4 is 0 Å². The molecule has 0 unspecified atom stereocenters. The highest BCUT2D eigenvalue weighted by Crippen LogP contribution is 2.28. The number of para-hydroxylation sites is 1. The highest BCUT2D eigenvalue weighted by atomic mass is 16.5. The van der Waals surface area contributed by atoms with Gasteiger partial charge < -0.3 is 10.5 Å². The van der Waals surface area contributed by atoms with Crippen LogP contribution < -0.4 is 10.5 Å². The maximum Gasteiger partial charge on any atom is 0.123 e. The van der Waals surface area contributed by atoms with Gasteiger partial charge in [-0.05, 0) is 18.9 Å². The number of methoxy groups -OCH3 is 1. The first-order valence-corrected chi connectivity index (χ1v) is 6.41. The van der Waals surface area contributed by atoms with Crippen LogP contribution in [0.4, 0.5) is 0 Å². The number of ether oxygens (including phenoxy) is 1. The van der Waals surface area contributed by atoms with E-state index >= 15 is 0 Å². The Labute approximate surface area is 104 Å². The Morgan fingerprint density at radius 2 is 2.12 bits per heavy atom. The summed E-state index contributed by atoms with van der Waals surface area (Å²) in [5.74, 6) is 0.980. The van der Waals surface area contributed by atoms with E-state index in [1.165, 1.54) is 24.8 Å². The van der Waals surface area contributed by atoms with Crippen molar-refractivity contribution in [3.05, 3.63) is 29.8 Å². The highest BCUT2D eigenvalue weighted by molar-refractivity contribution is 5.33. The first-order chi connectivity index (χ1) is 8.35. The van der Waals surface area contributed by atoms with E-state index in [0.717, 1.165) is 31.4 Å². The Kier molecular flexibility index (Phi) is 4.40. The molecular formula is C14H22N2O. The van der Waals surface area contributed by atoms with Gasteiger partial charge in [-0.25, -0.2) is 0 Å². The Morgan fingerprint density at radius 3 is 2.71 bits per heavy atom. The van der Waals surface area contributed by atoms with Crippen LogP contribution in [0.25, 0.3) is 0 Å². The molecule has 1 aliphatic rings. The number of rotatable bonds is 6. The molecular weight excluding hydrogens is 212 g/mol. The number of hydrogen-bond donors (Lipinski definition) is 1. The zero-order chi connectivity index (χ0) is 12.1. The summed E-state index contributed by atoms with van der Waals surface area (Å²) in [6, 6.07) is 8.97. The zero-order valence-corrected chi connectivity index (χ0v) is 10.6. The molecule has 0 amide bonds. The highest BCUT2D eigenvalue weighted by Gasteiger charge is 2.24. The summed E-state index contributed by atoms with van der Waals surface area (Å²) in [5.41, 5.74) is 6.96. The molecule has 1 aliphatic carbocycles. The van der Waals surface area contributed by atoms with Crippen molar-refractivity contribution in [1.29, 1.82) is 0 Å². The minimum Gasteiger partial charge on any atom is -0.496 e. The van der Waals surface area contributed by atoms with E-state index in [1.54, 1.807) is 7.11 Å². The number of nitrogens with zero attached hydrogens (tertiary/aromatic N) is 1. The lowest BCUT2D eigenvalue weighted by molar-refractivity contribution is 0.122. The topological polar surface area (TPSA) is 38.5 Å². The van der Waals surface area contributed by atoms with Gasteiger partial charge in [0.25, 0.3) is 0 Å². The molecule has 94 valence electrons. The van der Waals surface area contributed by atoms with Crippen molar-refractivity contribution in [3.8, 4) is 5.75 Å². The third-order valence-electron chi connectivity index (χ3n) is 3.57. The summed E-state index contributed by atoms with van der Waals surface area (Å²) < 4.78 is 5.40. The van der Waals surface area contributed by atoms with Gasteiger partial charge >= 0.3 is 0 Å². The molecule has 1 aromatic rings. The van der Waals surface area contributed by atoms with E-state index in [4.69, 9.17) is 10.5 Å². The van der Waals surface area contributed by atoms with Crippen molar-refractivity contribution < 1.29 is 4.74 Å².